The summed E-state index contributed by atoms with van der Waals surface area (Å²) in [5.41, 5.74) is 4.94. The van der Waals surface area contributed by atoms with E-state index in [9.17, 15) is 0 Å². The van der Waals surface area contributed by atoms with Crippen LogP contribution >= 0.6 is 0 Å². The smallest absolute Gasteiger partial charge is 0.0406 e. The first-order valence-corrected chi connectivity index (χ1v) is 7.07. The van der Waals surface area contributed by atoms with Crippen molar-refractivity contribution in [2.75, 3.05) is 6.54 Å². The van der Waals surface area contributed by atoms with E-state index < -0.39 is 0 Å². The molecule has 0 aromatic heterocycles. The molecule has 1 nitrogen and oxygen atoms in total. The summed E-state index contributed by atoms with van der Waals surface area (Å²) in [6.45, 7) is 5.91. The zero-order valence-corrected chi connectivity index (χ0v) is 11.1. The largest absolute Gasteiger partial charge is 0.308 e. The van der Waals surface area contributed by atoms with Gasteiger partial charge in [-0.2, -0.15) is 0 Å². The van der Waals surface area contributed by atoms with Crippen molar-refractivity contribution in [2.24, 2.45) is 0 Å². The molecule has 1 heterocycles. The van der Waals surface area contributed by atoms with Crippen LogP contribution < -0.4 is 5.32 Å². The summed E-state index contributed by atoms with van der Waals surface area (Å²) in [6, 6.07) is 7.22. The topological polar surface area (TPSA) is 12.0 Å². The molecule has 2 atom stereocenters. The highest BCUT2D eigenvalue weighted by Crippen LogP contribution is 2.36. The van der Waals surface area contributed by atoms with E-state index in [2.05, 4.69) is 37.4 Å². The van der Waals surface area contributed by atoms with Crippen molar-refractivity contribution in [3.8, 4) is 0 Å². The lowest BCUT2D eigenvalue weighted by atomic mass is 9.80. The molecule has 0 radical (unpaired) electrons. The molecule has 1 N–H and O–H groups in total. The average molecular weight is 229 g/mol. The van der Waals surface area contributed by atoms with E-state index in [4.69, 9.17) is 0 Å². The summed E-state index contributed by atoms with van der Waals surface area (Å²) in [5.74, 6) is 0.753. The standard InChI is InChI=1S/C16H23N/c1-12-5-3-6-13-7-8-14(11-15(12)13)16(2)9-4-10-17-16/h7-8,11-12,17H,3-6,9-10H2,1-2H3. The second kappa shape index (κ2) is 4.13. The summed E-state index contributed by atoms with van der Waals surface area (Å²) in [7, 11) is 0. The molecule has 3 rings (SSSR count). The van der Waals surface area contributed by atoms with Gasteiger partial charge in [-0.05, 0) is 68.2 Å². The molecule has 17 heavy (non-hydrogen) atoms. The SMILES string of the molecule is CC1CCCc2ccc(C3(C)CCCN3)cc21. The Kier molecular flexibility index (Phi) is 2.74. The third kappa shape index (κ3) is 1.91. The van der Waals surface area contributed by atoms with Crippen molar-refractivity contribution in [3.05, 3.63) is 34.9 Å². The number of fused-ring (bicyclic) bond motifs is 1. The lowest BCUT2D eigenvalue weighted by Crippen LogP contribution is -2.33. The third-order valence-electron chi connectivity index (χ3n) is 4.77. The monoisotopic (exact) mass is 229 g/mol. The summed E-state index contributed by atoms with van der Waals surface area (Å²) < 4.78 is 0. The Balaban J connectivity index is 1.99. The molecule has 0 spiro atoms. The summed E-state index contributed by atoms with van der Waals surface area (Å²) in [5, 5.41) is 3.67. The minimum absolute atomic E-state index is 0.228. The van der Waals surface area contributed by atoms with Crippen molar-refractivity contribution in [2.45, 2.75) is 57.4 Å². The fourth-order valence-corrected chi connectivity index (χ4v) is 3.52. The molecule has 0 bridgehead atoms. The Morgan fingerprint density at radius 1 is 1.29 bits per heavy atom. The van der Waals surface area contributed by atoms with Crippen molar-refractivity contribution in [1.82, 2.24) is 5.32 Å². The van der Waals surface area contributed by atoms with Crippen LogP contribution in [0, 0.1) is 0 Å². The van der Waals surface area contributed by atoms with Crippen LogP contribution in [0.3, 0.4) is 0 Å². The fourth-order valence-electron chi connectivity index (χ4n) is 3.52. The first-order valence-electron chi connectivity index (χ1n) is 7.07. The summed E-state index contributed by atoms with van der Waals surface area (Å²) >= 11 is 0. The Morgan fingerprint density at radius 2 is 2.18 bits per heavy atom. The van der Waals surface area contributed by atoms with Crippen LogP contribution in [0.1, 0.15) is 62.1 Å². The average Bonchev–Trinajstić information content (AvgIpc) is 2.78. The number of hydrogen-bond donors (Lipinski definition) is 1. The Hall–Kier alpha value is -0.820. The molecule has 2 aliphatic rings. The summed E-state index contributed by atoms with van der Waals surface area (Å²) in [6.07, 6.45) is 6.59. The Morgan fingerprint density at radius 3 is 2.94 bits per heavy atom. The van der Waals surface area contributed by atoms with E-state index in [0.29, 0.717) is 0 Å². The van der Waals surface area contributed by atoms with Crippen LogP contribution in [0.25, 0.3) is 0 Å². The zero-order valence-electron chi connectivity index (χ0n) is 11.1. The van der Waals surface area contributed by atoms with E-state index in [1.54, 1.807) is 11.1 Å². The van der Waals surface area contributed by atoms with Gasteiger partial charge in [-0.25, -0.2) is 0 Å². The molecule has 92 valence electrons. The van der Waals surface area contributed by atoms with Gasteiger partial charge in [-0.3, -0.25) is 0 Å². The molecule has 1 aliphatic carbocycles. The van der Waals surface area contributed by atoms with Crippen LogP contribution in [0.4, 0.5) is 0 Å². The molecular formula is C16H23N. The van der Waals surface area contributed by atoms with Gasteiger partial charge < -0.3 is 5.32 Å². The van der Waals surface area contributed by atoms with Crippen LogP contribution in [-0.2, 0) is 12.0 Å². The fraction of sp³-hybridized carbons (Fsp3) is 0.625. The normalized spacial score (nSPS) is 32.5. The molecule has 0 amide bonds. The minimum atomic E-state index is 0.228. The van der Waals surface area contributed by atoms with Crippen molar-refractivity contribution >= 4 is 0 Å². The number of rotatable bonds is 1. The minimum Gasteiger partial charge on any atom is -0.308 e. The predicted octanol–water partition coefficient (Wildman–Crippen LogP) is 3.73. The van der Waals surface area contributed by atoms with Gasteiger partial charge >= 0.3 is 0 Å². The molecule has 1 fully saturated rings. The van der Waals surface area contributed by atoms with Gasteiger partial charge in [0.1, 0.15) is 0 Å². The summed E-state index contributed by atoms with van der Waals surface area (Å²) in [4.78, 5) is 0. The van der Waals surface area contributed by atoms with Gasteiger partial charge in [0.05, 0.1) is 0 Å². The third-order valence-corrected chi connectivity index (χ3v) is 4.77. The van der Waals surface area contributed by atoms with E-state index in [0.717, 1.165) is 5.92 Å². The maximum absolute atomic E-state index is 3.67. The predicted molar refractivity (Wildman–Crippen MR) is 72.4 cm³/mol. The lowest BCUT2D eigenvalue weighted by molar-refractivity contribution is 0.433. The zero-order chi connectivity index (χ0) is 11.9. The number of benzene rings is 1. The second-order valence-electron chi connectivity index (χ2n) is 6.07. The van der Waals surface area contributed by atoms with Crippen LogP contribution in [0.2, 0.25) is 0 Å². The first kappa shape index (κ1) is 11.3. The Labute approximate surface area is 105 Å². The molecule has 1 heteroatoms. The first-order chi connectivity index (χ1) is 8.19. The molecule has 1 aromatic carbocycles. The van der Waals surface area contributed by atoms with E-state index >= 15 is 0 Å². The van der Waals surface area contributed by atoms with Crippen LogP contribution in [0.15, 0.2) is 18.2 Å². The molecule has 1 saturated heterocycles. The molecule has 1 aliphatic heterocycles. The quantitative estimate of drug-likeness (QED) is 0.774. The van der Waals surface area contributed by atoms with Gasteiger partial charge in [0.2, 0.25) is 0 Å². The van der Waals surface area contributed by atoms with E-state index in [1.165, 1.54) is 44.2 Å². The van der Waals surface area contributed by atoms with Crippen molar-refractivity contribution in [3.63, 3.8) is 0 Å². The molecular weight excluding hydrogens is 206 g/mol. The van der Waals surface area contributed by atoms with Crippen LogP contribution in [-0.4, -0.2) is 6.54 Å². The maximum Gasteiger partial charge on any atom is 0.0406 e. The number of hydrogen-bond acceptors (Lipinski definition) is 1. The van der Waals surface area contributed by atoms with Crippen molar-refractivity contribution < 1.29 is 0 Å². The van der Waals surface area contributed by atoms with Gasteiger partial charge in [0.25, 0.3) is 0 Å². The van der Waals surface area contributed by atoms with Gasteiger partial charge in [-0.15, -0.1) is 0 Å². The molecule has 0 saturated carbocycles. The molecule has 2 unspecified atom stereocenters. The highest BCUT2D eigenvalue weighted by Gasteiger charge is 2.31. The highest BCUT2D eigenvalue weighted by atomic mass is 15.0. The maximum atomic E-state index is 3.67. The van der Waals surface area contributed by atoms with Crippen LogP contribution in [0.5, 0.6) is 0 Å². The van der Waals surface area contributed by atoms with E-state index in [-0.39, 0.29) is 5.54 Å². The Bertz CT molecular complexity index is 416. The second-order valence-corrected chi connectivity index (χ2v) is 6.07. The van der Waals surface area contributed by atoms with Gasteiger partial charge in [0.15, 0.2) is 0 Å². The van der Waals surface area contributed by atoms with Gasteiger partial charge in [-0.1, -0.05) is 25.1 Å². The molecule has 1 aromatic rings. The highest BCUT2D eigenvalue weighted by molar-refractivity contribution is 5.39. The van der Waals surface area contributed by atoms with E-state index in [1.807, 2.05) is 0 Å². The number of aryl methyl sites for hydroxylation is 1. The van der Waals surface area contributed by atoms with Gasteiger partial charge in [0, 0.05) is 5.54 Å². The lowest BCUT2D eigenvalue weighted by Gasteiger charge is -2.29. The van der Waals surface area contributed by atoms with Crippen molar-refractivity contribution in [1.29, 1.82) is 0 Å². The number of nitrogens with one attached hydrogen (secondary N) is 1.